The summed E-state index contributed by atoms with van der Waals surface area (Å²) in [5, 5.41) is 0. The van der Waals surface area contributed by atoms with Crippen LogP contribution in [0.4, 0.5) is 10.2 Å². The smallest absolute Gasteiger partial charge is 0.303 e. The number of hydrogen-bond donors (Lipinski definition) is 1. The van der Waals surface area contributed by atoms with E-state index in [0.717, 1.165) is 5.69 Å². The zero-order chi connectivity index (χ0) is 16.4. The predicted molar refractivity (Wildman–Crippen MR) is 83.9 cm³/mol. The first kappa shape index (κ1) is 15.7. The first-order valence-electron chi connectivity index (χ1n) is 7.06. The Morgan fingerprint density at radius 2 is 1.91 bits per heavy atom. The van der Waals surface area contributed by atoms with Crippen LogP contribution >= 0.6 is 0 Å². The summed E-state index contributed by atoms with van der Waals surface area (Å²) in [6.07, 6.45) is -0.248. The number of benzene rings is 1. The Balaban J connectivity index is 1.56. The highest BCUT2D eigenvalue weighted by Gasteiger charge is 2.37. The van der Waals surface area contributed by atoms with Gasteiger partial charge in [-0.2, -0.15) is 12.7 Å². The standard InChI is InChI=1S/C15H16FN3O3S/c1-11-3-2-4-15(17-11)18-23(20,21)19-9-14(10-19)22-13-7-5-12(16)6-8-13/h2-8,14H,9-10H2,1H3,(H,17,18). The van der Waals surface area contributed by atoms with Gasteiger partial charge in [0.1, 0.15) is 23.5 Å². The minimum absolute atomic E-state index is 0.235. The topological polar surface area (TPSA) is 71.5 Å². The molecular formula is C15H16FN3O3S. The Morgan fingerprint density at radius 1 is 1.22 bits per heavy atom. The molecule has 23 heavy (non-hydrogen) atoms. The van der Waals surface area contributed by atoms with Crippen LogP contribution in [0.1, 0.15) is 5.69 Å². The fourth-order valence-corrected chi connectivity index (χ4v) is 3.41. The van der Waals surface area contributed by atoms with Gasteiger partial charge in [0.05, 0.1) is 13.1 Å². The fourth-order valence-electron chi connectivity index (χ4n) is 2.17. The number of aromatic nitrogens is 1. The quantitative estimate of drug-likeness (QED) is 0.905. The Bertz CT molecular complexity index is 790. The van der Waals surface area contributed by atoms with E-state index < -0.39 is 10.2 Å². The first-order valence-corrected chi connectivity index (χ1v) is 8.50. The number of rotatable bonds is 5. The molecule has 1 saturated heterocycles. The molecule has 0 radical (unpaired) electrons. The lowest BCUT2D eigenvalue weighted by Crippen LogP contribution is -2.57. The molecule has 0 aliphatic carbocycles. The van der Waals surface area contributed by atoms with Crippen LogP contribution in [-0.2, 0) is 10.2 Å². The molecule has 0 spiro atoms. The number of aryl methyl sites for hydroxylation is 1. The van der Waals surface area contributed by atoms with E-state index >= 15 is 0 Å². The molecule has 122 valence electrons. The second-order valence-corrected chi connectivity index (χ2v) is 6.95. The van der Waals surface area contributed by atoms with E-state index in [0.29, 0.717) is 5.75 Å². The van der Waals surface area contributed by atoms with Crippen molar-refractivity contribution in [2.24, 2.45) is 0 Å². The number of nitrogens with one attached hydrogen (secondary N) is 1. The largest absolute Gasteiger partial charge is 0.488 e. The molecule has 0 amide bonds. The maximum Gasteiger partial charge on any atom is 0.303 e. The molecule has 3 rings (SSSR count). The zero-order valence-electron chi connectivity index (χ0n) is 12.4. The third kappa shape index (κ3) is 3.77. The molecule has 6 nitrogen and oxygen atoms in total. The maximum absolute atomic E-state index is 12.8. The Hall–Kier alpha value is -2.19. The predicted octanol–water partition coefficient (Wildman–Crippen LogP) is 1.95. The van der Waals surface area contributed by atoms with Gasteiger partial charge < -0.3 is 4.74 Å². The van der Waals surface area contributed by atoms with Gasteiger partial charge in [-0.25, -0.2) is 9.37 Å². The van der Waals surface area contributed by atoms with Crippen LogP contribution in [-0.4, -0.2) is 36.9 Å². The monoisotopic (exact) mass is 337 g/mol. The molecule has 2 heterocycles. The molecule has 0 bridgehead atoms. The third-order valence-electron chi connectivity index (χ3n) is 3.39. The number of ether oxygens (including phenoxy) is 1. The van der Waals surface area contributed by atoms with Crippen molar-refractivity contribution < 1.29 is 17.5 Å². The molecule has 1 N–H and O–H groups in total. The lowest BCUT2D eigenvalue weighted by Gasteiger charge is -2.37. The molecule has 1 fully saturated rings. The molecule has 1 aliphatic heterocycles. The summed E-state index contributed by atoms with van der Waals surface area (Å²) in [6, 6.07) is 10.7. The second kappa shape index (κ2) is 6.13. The van der Waals surface area contributed by atoms with Gasteiger partial charge in [-0.1, -0.05) is 6.07 Å². The molecule has 0 unspecified atom stereocenters. The van der Waals surface area contributed by atoms with E-state index in [9.17, 15) is 12.8 Å². The van der Waals surface area contributed by atoms with Crippen LogP contribution in [0.3, 0.4) is 0 Å². The van der Waals surface area contributed by atoms with Crippen molar-refractivity contribution in [3.8, 4) is 5.75 Å². The number of hydrogen-bond acceptors (Lipinski definition) is 4. The Kier molecular flexibility index (Phi) is 4.18. The summed E-state index contributed by atoms with van der Waals surface area (Å²) < 4.78 is 46.5. The van der Waals surface area contributed by atoms with Crippen LogP contribution in [0.15, 0.2) is 42.5 Å². The molecule has 0 atom stereocenters. The van der Waals surface area contributed by atoms with Crippen molar-refractivity contribution in [1.82, 2.24) is 9.29 Å². The minimum atomic E-state index is -3.64. The Morgan fingerprint density at radius 3 is 2.57 bits per heavy atom. The third-order valence-corrected chi connectivity index (χ3v) is 4.84. The van der Waals surface area contributed by atoms with Gasteiger partial charge in [0, 0.05) is 5.69 Å². The van der Waals surface area contributed by atoms with Gasteiger partial charge in [0.2, 0.25) is 0 Å². The summed E-state index contributed by atoms with van der Waals surface area (Å²) in [4.78, 5) is 4.11. The summed E-state index contributed by atoms with van der Waals surface area (Å²) in [6.45, 7) is 2.26. The molecule has 2 aromatic rings. The van der Waals surface area contributed by atoms with Crippen LogP contribution in [0.2, 0.25) is 0 Å². The number of nitrogens with zero attached hydrogens (tertiary/aromatic N) is 2. The van der Waals surface area contributed by atoms with Gasteiger partial charge in [-0.05, 0) is 43.3 Å². The minimum Gasteiger partial charge on any atom is -0.488 e. The van der Waals surface area contributed by atoms with Crippen LogP contribution in [0.25, 0.3) is 0 Å². The van der Waals surface area contributed by atoms with Crippen molar-refractivity contribution in [3.63, 3.8) is 0 Å². The first-order chi connectivity index (χ1) is 10.9. The second-order valence-electron chi connectivity index (χ2n) is 5.28. The van der Waals surface area contributed by atoms with E-state index in [4.69, 9.17) is 4.74 Å². The fraction of sp³-hybridized carbons (Fsp3) is 0.267. The van der Waals surface area contributed by atoms with Crippen molar-refractivity contribution >= 4 is 16.0 Å². The van der Waals surface area contributed by atoms with Crippen molar-refractivity contribution in [2.75, 3.05) is 17.8 Å². The summed E-state index contributed by atoms with van der Waals surface area (Å²) in [5.74, 6) is 0.458. The molecule has 1 aromatic carbocycles. The Labute approximate surface area is 134 Å². The van der Waals surface area contributed by atoms with E-state index in [-0.39, 0.29) is 30.8 Å². The van der Waals surface area contributed by atoms with Crippen LogP contribution in [0.5, 0.6) is 5.75 Å². The molecule has 1 aliphatic rings. The zero-order valence-corrected chi connectivity index (χ0v) is 13.3. The summed E-state index contributed by atoms with van der Waals surface area (Å²) in [7, 11) is -3.64. The number of pyridine rings is 1. The van der Waals surface area contributed by atoms with Crippen LogP contribution < -0.4 is 9.46 Å². The van der Waals surface area contributed by atoms with E-state index in [1.165, 1.54) is 28.6 Å². The molecule has 8 heteroatoms. The van der Waals surface area contributed by atoms with Gasteiger partial charge in [-0.3, -0.25) is 4.72 Å². The van der Waals surface area contributed by atoms with E-state index in [1.54, 1.807) is 25.1 Å². The average molecular weight is 337 g/mol. The van der Waals surface area contributed by atoms with Crippen molar-refractivity contribution in [1.29, 1.82) is 0 Å². The lowest BCUT2D eigenvalue weighted by molar-refractivity contribution is 0.0766. The summed E-state index contributed by atoms with van der Waals surface area (Å²) >= 11 is 0. The number of anilines is 1. The number of halogens is 1. The van der Waals surface area contributed by atoms with Gasteiger partial charge in [0.25, 0.3) is 0 Å². The van der Waals surface area contributed by atoms with E-state index in [1.807, 2.05) is 0 Å². The lowest BCUT2D eigenvalue weighted by atomic mass is 10.2. The highest BCUT2D eigenvalue weighted by atomic mass is 32.2. The highest BCUT2D eigenvalue weighted by molar-refractivity contribution is 7.90. The normalized spacial score (nSPS) is 15.9. The van der Waals surface area contributed by atoms with Crippen molar-refractivity contribution in [3.05, 3.63) is 54.0 Å². The van der Waals surface area contributed by atoms with E-state index in [2.05, 4.69) is 9.71 Å². The van der Waals surface area contributed by atoms with Gasteiger partial charge in [0.15, 0.2) is 0 Å². The summed E-state index contributed by atoms with van der Waals surface area (Å²) in [5.41, 5.74) is 0.728. The molecule has 1 aromatic heterocycles. The van der Waals surface area contributed by atoms with Gasteiger partial charge >= 0.3 is 10.2 Å². The maximum atomic E-state index is 12.8. The van der Waals surface area contributed by atoms with Crippen molar-refractivity contribution in [2.45, 2.75) is 13.0 Å². The average Bonchev–Trinajstić information content (AvgIpc) is 2.43. The molecule has 0 saturated carbocycles. The molecular weight excluding hydrogens is 321 g/mol. The van der Waals surface area contributed by atoms with Gasteiger partial charge in [-0.15, -0.1) is 0 Å². The highest BCUT2D eigenvalue weighted by Crippen LogP contribution is 2.21. The SMILES string of the molecule is Cc1cccc(NS(=O)(=O)N2CC(Oc3ccc(F)cc3)C2)n1. The van der Waals surface area contributed by atoms with Crippen LogP contribution in [0, 0.1) is 12.7 Å².